The maximum absolute atomic E-state index is 13.3. The number of carbonyl (C=O) groups excluding carboxylic acids is 1. The van der Waals surface area contributed by atoms with Crippen LogP contribution in [-0.2, 0) is 6.54 Å². The number of rotatable bonds is 3. The molecule has 0 atom stereocenters. The van der Waals surface area contributed by atoms with Crippen molar-refractivity contribution in [1.29, 1.82) is 0 Å². The van der Waals surface area contributed by atoms with Gasteiger partial charge in [0.25, 0.3) is 5.91 Å². The molecule has 2 rings (SSSR count). The summed E-state index contributed by atoms with van der Waals surface area (Å²) < 4.78 is 26.2. The van der Waals surface area contributed by atoms with E-state index in [1.165, 1.54) is 18.3 Å². The van der Waals surface area contributed by atoms with Crippen molar-refractivity contribution in [3.05, 3.63) is 69.6 Å². The Morgan fingerprint density at radius 2 is 2.00 bits per heavy atom. The first-order chi connectivity index (χ1) is 9.06. The summed E-state index contributed by atoms with van der Waals surface area (Å²) in [6, 6.07) is 5.57. The van der Waals surface area contributed by atoms with Crippen molar-refractivity contribution in [2.45, 2.75) is 6.54 Å². The third-order valence-electron chi connectivity index (χ3n) is 2.49. The summed E-state index contributed by atoms with van der Waals surface area (Å²) in [4.78, 5) is 24.9. The van der Waals surface area contributed by atoms with Crippen molar-refractivity contribution in [3.63, 3.8) is 0 Å². The fourth-order valence-electron chi connectivity index (χ4n) is 1.51. The SMILES string of the molecule is O=C(NCc1cc(F)ccc1F)c1ccc(=O)[nH]c1. The topological polar surface area (TPSA) is 62.0 Å². The van der Waals surface area contributed by atoms with Crippen LogP contribution in [0.1, 0.15) is 15.9 Å². The molecule has 98 valence electrons. The van der Waals surface area contributed by atoms with Gasteiger partial charge in [0.1, 0.15) is 11.6 Å². The summed E-state index contributed by atoms with van der Waals surface area (Å²) in [6.07, 6.45) is 1.25. The van der Waals surface area contributed by atoms with E-state index < -0.39 is 17.5 Å². The zero-order valence-corrected chi connectivity index (χ0v) is 9.74. The number of nitrogens with one attached hydrogen (secondary N) is 2. The lowest BCUT2D eigenvalue weighted by molar-refractivity contribution is 0.0950. The molecule has 2 N–H and O–H groups in total. The number of pyridine rings is 1. The van der Waals surface area contributed by atoms with Crippen LogP contribution in [0, 0.1) is 11.6 Å². The third-order valence-corrected chi connectivity index (χ3v) is 2.49. The monoisotopic (exact) mass is 264 g/mol. The van der Waals surface area contributed by atoms with E-state index in [-0.39, 0.29) is 23.2 Å². The van der Waals surface area contributed by atoms with Gasteiger partial charge in [-0.25, -0.2) is 8.78 Å². The van der Waals surface area contributed by atoms with E-state index in [4.69, 9.17) is 0 Å². The molecule has 0 aliphatic carbocycles. The molecule has 1 aromatic heterocycles. The molecule has 0 bridgehead atoms. The largest absolute Gasteiger partial charge is 0.348 e. The van der Waals surface area contributed by atoms with Crippen LogP contribution < -0.4 is 10.9 Å². The van der Waals surface area contributed by atoms with E-state index >= 15 is 0 Å². The molecule has 2 aromatic rings. The summed E-state index contributed by atoms with van der Waals surface area (Å²) in [5.41, 5.74) is -0.0399. The number of hydrogen-bond donors (Lipinski definition) is 2. The Hall–Kier alpha value is -2.50. The van der Waals surface area contributed by atoms with Crippen molar-refractivity contribution in [2.75, 3.05) is 0 Å². The van der Waals surface area contributed by atoms with Gasteiger partial charge < -0.3 is 10.3 Å². The van der Waals surface area contributed by atoms with E-state index in [1.807, 2.05) is 0 Å². The highest BCUT2D eigenvalue weighted by molar-refractivity contribution is 5.93. The average molecular weight is 264 g/mol. The number of amides is 1. The smallest absolute Gasteiger partial charge is 0.253 e. The molecule has 1 amide bonds. The minimum absolute atomic E-state index is 0.0535. The number of halogens is 2. The van der Waals surface area contributed by atoms with Crippen LogP contribution in [0.3, 0.4) is 0 Å². The molecule has 4 nitrogen and oxygen atoms in total. The maximum Gasteiger partial charge on any atom is 0.253 e. The van der Waals surface area contributed by atoms with E-state index in [9.17, 15) is 18.4 Å². The first kappa shape index (κ1) is 12.9. The molecule has 1 aromatic carbocycles. The Labute approximate surface area is 107 Å². The molecule has 0 saturated heterocycles. The van der Waals surface area contributed by atoms with Gasteiger partial charge in [-0.2, -0.15) is 0 Å². The van der Waals surface area contributed by atoms with Crippen LogP contribution in [-0.4, -0.2) is 10.9 Å². The van der Waals surface area contributed by atoms with Gasteiger partial charge in [0, 0.05) is 24.4 Å². The first-order valence-corrected chi connectivity index (χ1v) is 5.47. The molecule has 0 spiro atoms. The molecule has 1 heterocycles. The lowest BCUT2D eigenvalue weighted by Gasteiger charge is -2.06. The summed E-state index contributed by atoms with van der Waals surface area (Å²) in [7, 11) is 0. The van der Waals surface area contributed by atoms with Crippen LogP contribution in [0.15, 0.2) is 41.3 Å². The Balaban J connectivity index is 2.06. The minimum atomic E-state index is -0.594. The Morgan fingerprint density at radius 3 is 2.68 bits per heavy atom. The molecular weight excluding hydrogens is 254 g/mol. The summed E-state index contributed by atoms with van der Waals surface area (Å²) >= 11 is 0. The van der Waals surface area contributed by atoms with E-state index in [2.05, 4.69) is 10.3 Å². The predicted octanol–water partition coefficient (Wildman–Crippen LogP) is 1.58. The summed E-state index contributed by atoms with van der Waals surface area (Å²) in [5, 5.41) is 2.44. The Morgan fingerprint density at radius 1 is 1.21 bits per heavy atom. The molecule has 0 fully saturated rings. The highest BCUT2D eigenvalue weighted by atomic mass is 19.1. The molecule has 0 saturated carbocycles. The lowest BCUT2D eigenvalue weighted by atomic mass is 10.2. The van der Waals surface area contributed by atoms with E-state index in [1.54, 1.807) is 0 Å². The zero-order chi connectivity index (χ0) is 13.8. The van der Waals surface area contributed by atoms with Crippen LogP contribution in [0.4, 0.5) is 8.78 Å². The van der Waals surface area contributed by atoms with Gasteiger partial charge in [0.05, 0.1) is 5.56 Å². The van der Waals surface area contributed by atoms with Crippen molar-refractivity contribution >= 4 is 5.91 Å². The number of aromatic nitrogens is 1. The molecular formula is C13H10F2N2O2. The van der Waals surface area contributed by atoms with Gasteiger partial charge >= 0.3 is 0 Å². The summed E-state index contributed by atoms with van der Waals surface area (Å²) in [5.74, 6) is -1.65. The molecule has 0 aliphatic rings. The molecule has 0 radical (unpaired) electrons. The molecule has 0 aliphatic heterocycles. The molecule has 0 unspecified atom stereocenters. The van der Waals surface area contributed by atoms with Gasteiger partial charge in [0.2, 0.25) is 5.56 Å². The van der Waals surface area contributed by atoms with Crippen LogP contribution >= 0.6 is 0 Å². The fraction of sp³-hybridized carbons (Fsp3) is 0.0769. The number of carbonyl (C=O) groups is 1. The van der Waals surface area contributed by atoms with Crippen molar-refractivity contribution in [1.82, 2.24) is 10.3 Å². The second kappa shape index (κ2) is 5.43. The zero-order valence-electron chi connectivity index (χ0n) is 9.74. The van der Waals surface area contributed by atoms with E-state index in [0.29, 0.717) is 0 Å². The number of benzene rings is 1. The van der Waals surface area contributed by atoms with Crippen molar-refractivity contribution in [2.24, 2.45) is 0 Å². The molecule has 6 heteroatoms. The first-order valence-electron chi connectivity index (χ1n) is 5.47. The van der Waals surface area contributed by atoms with Crippen LogP contribution in [0.5, 0.6) is 0 Å². The van der Waals surface area contributed by atoms with Crippen LogP contribution in [0.2, 0.25) is 0 Å². The normalized spacial score (nSPS) is 10.2. The predicted molar refractivity (Wildman–Crippen MR) is 64.6 cm³/mol. The number of H-pyrrole nitrogens is 1. The van der Waals surface area contributed by atoms with Crippen molar-refractivity contribution < 1.29 is 13.6 Å². The third kappa shape index (κ3) is 3.25. The van der Waals surface area contributed by atoms with Gasteiger partial charge in [-0.05, 0) is 24.3 Å². The Bertz CT molecular complexity index is 647. The highest BCUT2D eigenvalue weighted by Gasteiger charge is 2.08. The quantitative estimate of drug-likeness (QED) is 0.884. The maximum atomic E-state index is 13.3. The molecule has 19 heavy (non-hydrogen) atoms. The standard InChI is InChI=1S/C13H10F2N2O2/c14-10-2-3-11(15)9(5-10)7-17-13(19)8-1-4-12(18)16-6-8/h1-6H,7H2,(H,16,18)(H,17,19). The van der Waals surface area contributed by atoms with Gasteiger partial charge in [-0.15, -0.1) is 0 Å². The van der Waals surface area contributed by atoms with Gasteiger partial charge in [0.15, 0.2) is 0 Å². The van der Waals surface area contributed by atoms with Gasteiger partial charge in [-0.1, -0.05) is 0 Å². The second-order valence-electron chi connectivity index (χ2n) is 3.86. The number of hydrogen-bond acceptors (Lipinski definition) is 2. The average Bonchev–Trinajstić information content (AvgIpc) is 2.40. The minimum Gasteiger partial charge on any atom is -0.348 e. The number of aromatic amines is 1. The second-order valence-corrected chi connectivity index (χ2v) is 3.86. The highest BCUT2D eigenvalue weighted by Crippen LogP contribution is 2.09. The summed E-state index contributed by atoms with van der Waals surface area (Å²) in [6.45, 7) is -0.137. The Kier molecular flexibility index (Phi) is 3.70. The van der Waals surface area contributed by atoms with Crippen molar-refractivity contribution in [3.8, 4) is 0 Å². The van der Waals surface area contributed by atoms with Gasteiger partial charge in [-0.3, -0.25) is 9.59 Å². The van der Waals surface area contributed by atoms with E-state index in [0.717, 1.165) is 18.2 Å². The fourth-order valence-corrected chi connectivity index (χ4v) is 1.51. The lowest BCUT2D eigenvalue weighted by Crippen LogP contribution is -2.24. The van der Waals surface area contributed by atoms with Crippen LogP contribution in [0.25, 0.3) is 0 Å².